The quantitative estimate of drug-likeness (QED) is 0.893. The summed E-state index contributed by atoms with van der Waals surface area (Å²) >= 11 is 0. The Kier molecular flexibility index (Phi) is 4.38. The van der Waals surface area contributed by atoms with E-state index in [0.717, 1.165) is 11.3 Å². The average Bonchev–Trinajstić information content (AvgIpc) is 2.26. The van der Waals surface area contributed by atoms with Crippen molar-refractivity contribution in [3.63, 3.8) is 0 Å². The van der Waals surface area contributed by atoms with Crippen LogP contribution in [0.25, 0.3) is 0 Å². The van der Waals surface area contributed by atoms with E-state index >= 15 is 0 Å². The van der Waals surface area contributed by atoms with Crippen LogP contribution >= 0.6 is 0 Å². The lowest BCUT2D eigenvalue weighted by molar-refractivity contribution is 0.0943. The van der Waals surface area contributed by atoms with E-state index in [2.05, 4.69) is 26.1 Å². The third-order valence-electron chi connectivity index (χ3n) is 2.69. The average molecular weight is 249 g/mol. The van der Waals surface area contributed by atoms with Gasteiger partial charge < -0.3 is 10.1 Å². The second kappa shape index (κ2) is 5.42. The summed E-state index contributed by atoms with van der Waals surface area (Å²) in [4.78, 5) is 12.0. The van der Waals surface area contributed by atoms with Crippen molar-refractivity contribution in [1.29, 1.82) is 0 Å². The molecule has 0 saturated carbocycles. The van der Waals surface area contributed by atoms with E-state index in [9.17, 15) is 4.79 Å². The van der Waals surface area contributed by atoms with Crippen LogP contribution in [-0.4, -0.2) is 19.1 Å². The fourth-order valence-electron chi connectivity index (χ4n) is 1.78. The minimum absolute atomic E-state index is 0.0434. The van der Waals surface area contributed by atoms with Crippen molar-refractivity contribution in [2.24, 2.45) is 0 Å². The van der Waals surface area contributed by atoms with Gasteiger partial charge in [-0.05, 0) is 37.5 Å². The van der Waals surface area contributed by atoms with Gasteiger partial charge in [0, 0.05) is 17.2 Å². The molecule has 3 heteroatoms. The van der Waals surface area contributed by atoms with Crippen LogP contribution < -0.4 is 10.1 Å². The van der Waals surface area contributed by atoms with E-state index in [1.165, 1.54) is 0 Å². The summed E-state index contributed by atoms with van der Waals surface area (Å²) in [5.41, 5.74) is 1.66. The fourth-order valence-corrected chi connectivity index (χ4v) is 1.78. The molecule has 0 bridgehead atoms. The molecule has 1 rings (SSSR count). The highest BCUT2D eigenvalue weighted by atomic mass is 16.5. The SMILES string of the molecule is COc1ccc(C(=O)NC(C)C)cc1C(C)(C)C. The molecule has 1 N–H and O–H groups in total. The Morgan fingerprint density at radius 2 is 1.89 bits per heavy atom. The zero-order valence-corrected chi connectivity index (χ0v) is 12.1. The van der Waals surface area contributed by atoms with Crippen molar-refractivity contribution >= 4 is 5.91 Å². The lowest BCUT2D eigenvalue weighted by Crippen LogP contribution is -2.30. The summed E-state index contributed by atoms with van der Waals surface area (Å²) in [6.45, 7) is 10.2. The highest BCUT2D eigenvalue weighted by molar-refractivity contribution is 5.94. The Morgan fingerprint density at radius 1 is 1.28 bits per heavy atom. The molecule has 0 heterocycles. The van der Waals surface area contributed by atoms with Crippen molar-refractivity contribution in [1.82, 2.24) is 5.32 Å². The first-order valence-corrected chi connectivity index (χ1v) is 6.25. The topological polar surface area (TPSA) is 38.3 Å². The highest BCUT2D eigenvalue weighted by Gasteiger charge is 2.20. The second-order valence-corrected chi connectivity index (χ2v) is 5.79. The molecule has 0 saturated heterocycles. The van der Waals surface area contributed by atoms with Gasteiger partial charge in [0.15, 0.2) is 0 Å². The summed E-state index contributed by atoms with van der Waals surface area (Å²) in [7, 11) is 1.65. The summed E-state index contributed by atoms with van der Waals surface area (Å²) in [6.07, 6.45) is 0. The number of hydrogen-bond donors (Lipinski definition) is 1. The maximum Gasteiger partial charge on any atom is 0.251 e. The number of methoxy groups -OCH3 is 1. The van der Waals surface area contributed by atoms with E-state index in [0.29, 0.717) is 5.56 Å². The van der Waals surface area contributed by atoms with Gasteiger partial charge in [0.1, 0.15) is 5.75 Å². The highest BCUT2D eigenvalue weighted by Crippen LogP contribution is 2.31. The van der Waals surface area contributed by atoms with Gasteiger partial charge in [-0.25, -0.2) is 0 Å². The lowest BCUT2D eigenvalue weighted by Gasteiger charge is -2.23. The molecule has 0 atom stereocenters. The van der Waals surface area contributed by atoms with Crippen molar-refractivity contribution in [2.45, 2.75) is 46.1 Å². The Balaban J connectivity index is 3.15. The minimum atomic E-state index is -0.0561. The molecule has 1 aromatic carbocycles. The van der Waals surface area contributed by atoms with Crippen LogP contribution in [0, 0.1) is 0 Å². The summed E-state index contributed by atoms with van der Waals surface area (Å²) in [6, 6.07) is 5.70. The van der Waals surface area contributed by atoms with Gasteiger partial charge in [-0.15, -0.1) is 0 Å². The molecule has 0 fully saturated rings. The molecule has 0 aliphatic carbocycles. The standard InChI is InChI=1S/C15H23NO2/c1-10(2)16-14(17)11-7-8-13(18-6)12(9-11)15(3,4)5/h7-10H,1-6H3,(H,16,17). The van der Waals surface area contributed by atoms with Gasteiger partial charge in [-0.1, -0.05) is 20.8 Å². The van der Waals surface area contributed by atoms with Gasteiger partial charge >= 0.3 is 0 Å². The van der Waals surface area contributed by atoms with Crippen LogP contribution in [0.3, 0.4) is 0 Å². The first kappa shape index (κ1) is 14.6. The molecule has 0 aliphatic heterocycles. The molecule has 0 spiro atoms. The normalized spacial score (nSPS) is 11.5. The van der Waals surface area contributed by atoms with Crippen molar-refractivity contribution in [3.8, 4) is 5.75 Å². The predicted molar refractivity (Wildman–Crippen MR) is 74.3 cm³/mol. The van der Waals surface area contributed by atoms with E-state index in [-0.39, 0.29) is 17.4 Å². The molecule has 1 amide bonds. The molecule has 0 aliphatic rings. The molecule has 18 heavy (non-hydrogen) atoms. The van der Waals surface area contributed by atoms with Crippen LogP contribution in [0.5, 0.6) is 5.75 Å². The Morgan fingerprint density at radius 3 is 2.33 bits per heavy atom. The zero-order chi connectivity index (χ0) is 13.9. The van der Waals surface area contributed by atoms with Gasteiger partial charge in [0.05, 0.1) is 7.11 Å². The third-order valence-corrected chi connectivity index (χ3v) is 2.69. The molecular formula is C15H23NO2. The third kappa shape index (κ3) is 3.49. The van der Waals surface area contributed by atoms with Gasteiger partial charge in [0.25, 0.3) is 5.91 Å². The van der Waals surface area contributed by atoms with Crippen LogP contribution in [0.15, 0.2) is 18.2 Å². The fraction of sp³-hybridized carbons (Fsp3) is 0.533. The first-order chi connectivity index (χ1) is 8.25. The van der Waals surface area contributed by atoms with Crippen molar-refractivity contribution in [2.75, 3.05) is 7.11 Å². The monoisotopic (exact) mass is 249 g/mol. The van der Waals surface area contributed by atoms with Gasteiger partial charge in [-0.2, -0.15) is 0 Å². The summed E-state index contributed by atoms with van der Waals surface area (Å²) in [5.74, 6) is 0.779. The zero-order valence-electron chi connectivity index (χ0n) is 12.1. The number of rotatable bonds is 3. The molecule has 1 aromatic rings. The number of benzene rings is 1. The molecular weight excluding hydrogens is 226 g/mol. The molecule has 0 unspecified atom stereocenters. The van der Waals surface area contributed by atoms with Crippen molar-refractivity contribution < 1.29 is 9.53 Å². The number of hydrogen-bond acceptors (Lipinski definition) is 2. The Labute approximate surface area is 110 Å². The number of carbonyl (C=O) groups is 1. The Bertz CT molecular complexity index is 431. The van der Waals surface area contributed by atoms with Gasteiger partial charge in [-0.3, -0.25) is 4.79 Å². The van der Waals surface area contributed by atoms with Crippen LogP contribution in [-0.2, 0) is 5.41 Å². The van der Waals surface area contributed by atoms with Gasteiger partial charge in [0.2, 0.25) is 0 Å². The number of carbonyl (C=O) groups excluding carboxylic acids is 1. The largest absolute Gasteiger partial charge is 0.496 e. The lowest BCUT2D eigenvalue weighted by atomic mass is 9.85. The number of nitrogens with one attached hydrogen (secondary N) is 1. The smallest absolute Gasteiger partial charge is 0.251 e. The Hall–Kier alpha value is -1.51. The maximum absolute atomic E-state index is 12.0. The van der Waals surface area contributed by atoms with E-state index < -0.39 is 0 Å². The molecule has 0 aromatic heterocycles. The van der Waals surface area contributed by atoms with Crippen LogP contribution in [0.4, 0.5) is 0 Å². The van der Waals surface area contributed by atoms with Crippen LogP contribution in [0.1, 0.15) is 50.5 Å². The number of ether oxygens (including phenoxy) is 1. The minimum Gasteiger partial charge on any atom is -0.496 e. The molecule has 0 radical (unpaired) electrons. The van der Waals surface area contributed by atoms with Crippen LogP contribution in [0.2, 0.25) is 0 Å². The predicted octanol–water partition coefficient (Wildman–Crippen LogP) is 3.13. The first-order valence-electron chi connectivity index (χ1n) is 6.25. The van der Waals surface area contributed by atoms with E-state index in [1.807, 2.05) is 26.0 Å². The van der Waals surface area contributed by atoms with E-state index in [1.54, 1.807) is 13.2 Å². The van der Waals surface area contributed by atoms with E-state index in [4.69, 9.17) is 4.74 Å². The molecule has 100 valence electrons. The second-order valence-electron chi connectivity index (χ2n) is 5.79. The molecule has 3 nitrogen and oxygen atoms in total. The maximum atomic E-state index is 12.0. The number of amides is 1. The van der Waals surface area contributed by atoms with Crippen molar-refractivity contribution in [3.05, 3.63) is 29.3 Å². The summed E-state index contributed by atoms with van der Waals surface area (Å²) < 4.78 is 5.36. The summed E-state index contributed by atoms with van der Waals surface area (Å²) in [5, 5.41) is 2.90.